The van der Waals surface area contributed by atoms with Gasteiger partial charge in [-0.2, -0.15) is 13.2 Å². The molecule has 1 aromatic rings. The summed E-state index contributed by atoms with van der Waals surface area (Å²) in [5, 5.41) is -0.729. The molecule has 0 N–H and O–H groups in total. The van der Waals surface area contributed by atoms with E-state index < -0.39 is 28.9 Å². The van der Waals surface area contributed by atoms with Crippen LogP contribution in [-0.4, -0.2) is 4.98 Å². The molecule has 84 valence electrons. The van der Waals surface area contributed by atoms with E-state index in [1.165, 1.54) is 6.92 Å². The molecule has 7 heteroatoms. The normalized spacial score (nSPS) is 12.3. The maximum atomic E-state index is 12.4. The van der Waals surface area contributed by atoms with Gasteiger partial charge in [0.25, 0.3) is 6.43 Å². The number of aromatic nitrogens is 1. The van der Waals surface area contributed by atoms with Crippen molar-refractivity contribution in [1.29, 1.82) is 0 Å². The zero-order chi connectivity index (χ0) is 11.8. The number of pyridine rings is 1. The second kappa shape index (κ2) is 3.92. The molecule has 0 bridgehead atoms. The van der Waals surface area contributed by atoms with Crippen molar-refractivity contribution >= 4 is 11.6 Å². The average molecular weight is 246 g/mol. The highest BCUT2D eigenvalue weighted by atomic mass is 35.5. The lowest BCUT2D eigenvalue weighted by Crippen LogP contribution is -2.13. The molecule has 1 aromatic heterocycles. The number of hydrogen-bond acceptors (Lipinski definition) is 1. The molecule has 0 saturated carbocycles. The Bertz CT molecular complexity index is 374. The van der Waals surface area contributed by atoms with Crippen molar-refractivity contribution in [1.82, 2.24) is 4.98 Å². The van der Waals surface area contributed by atoms with Gasteiger partial charge in [-0.3, -0.25) is 4.98 Å². The Labute approximate surface area is 86.9 Å². The molecule has 0 fully saturated rings. The topological polar surface area (TPSA) is 12.9 Å². The molecule has 0 spiro atoms. The van der Waals surface area contributed by atoms with Crippen molar-refractivity contribution in [3.05, 3.63) is 28.0 Å². The summed E-state index contributed by atoms with van der Waals surface area (Å²) in [5.74, 6) is 0. The Morgan fingerprint density at radius 3 is 2.27 bits per heavy atom. The monoisotopic (exact) mass is 245 g/mol. The Morgan fingerprint density at radius 1 is 1.33 bits per heavy atom. The molecule has 0 aliphatic rings. The van der Waals surface area contributed by atoms with Crippen LogP contribution in [0.5, 0.6) is 0 Å². The molecular weight excluding hydrogens is 241 g/mol. The minimum absolute atomic E-state index is 0.00777. The van der Waals surface area contributed by atoms with Crippen molar-refractivity contribution in [2.45, 2.75) is 19.5 Å². The molecule has 0 radical (unpaired) electrons. The van der Waals surface area contributed by atoms with Gasteiger partial charge in [0.15, 0.2) is 0 Å². The zero-order valence-corrected chi connectivity index (χ0v) is 8.13. The lowest BCUT2D eigenvalue weighted by Gasteiger charge is -2.14. The van der Waals surface area contributed by atoms with Gasteiger partial charge < -0.3 is 0 Å². The Balaban J connectivity index is 3.49. The summed E-state index contributed by atoms with van der Waals surface area (Å²) in [6, 6.07) is 0. The number of alkyl halides is 5. The van der Waals surface area contributed by atoms with Crippen molar-refractivity contribution in [2.24, 2.45) is 0 Å². The number of hydrogen-bond donors (Lipinski definition) is 0. The van der Waals surface area contributed by atoms with Gasteiger partial charge in [0, 0.05) is 6.20 Å². The van der Waals surface area contributed by atoms with Crippen LogP contribution in [0, 0.1) is 6.92 Å². The van der Waals surface area contributed by atoms with Gasteiger partial charge in [-0.15, -0.1) is 0 Å². The molecule has 0 amide bonds. The highest BCUT2D eigenvalue weighted by Crippen LogP contribution is 2.40. The van der Waals surface area contributed by atoms with E-state index in [1.54, 1.807) is 0 Å². The van der Waals surface area contributed by atoms with Gasteiger partial charge in [-0.1, -0.05) is 11.6 Å². The highest BCUT2D eigenvalue weighted by molar-refractivity contribution is 6.32. The number of rotatable bonds is 1. The summed E-state index contributed by atoms with van der Waals surface area (Å²) in [7, 11) is 0. The highest BCUT2D eigenvalue weighted by Gasteiger charge is 2.39. The van der Waals surface area contributed by atoms with Gasteiger partial charge in [0.05, 0.1) is 5.02 Å². The molecular formula is C8H5ClF5N. The first kappa shape index (κ1) is 12.2. The van der Waals surface area contributed by atoms with Crippen LogP contribution in [0.2, 0.25) is 5.02 Å². The van der Waals surface area contributed by atoms with Crippen LogP contribution in [0.3, 0.4) is 0 Å². The summed E-state index contributed by atoms with van der Waals surface area (Å²) in [5.41, 5.74) is -2.88. The standard InChI is InChI=1S/C8H5ClF5N/c1-3-2-15-6(7(10)11)4(5(3)9)8(12,13)14/h2,7H,1H3. The summed E-state index contributed by atoms with van der Waals surface area (Å²) in [6.07, 6.45) is -7.35. The first-order valence-corrected chi connectivity index (χ1v) is 4.13. The Morgan fingerprint density at radius 2 is 1.87 bits per heavy atom. The van der Waals surface area contributed by atoms with E-state index in [-0.39, 0.29) is 5.56 Å². The fourth-order valence-electron chi connectivity index (χ4n) is 1.03. The van der Waals surface area contributed by atoms with Gasteiger partial charge >= 0.3 is 6.18 Å². The van der Waals surface area contributed by atoms with E-state index in [0.717, 1.165) is 6.20 Å². The van der Waals surface area contributed by atoms with Crippen LogP contribution in [-0.2, 0) is 6.18 Å². The van der Waals surface area contributed by atoms with E-state index in [4.69, 9.17) is 11.6 Å². The molecule has 0 aromatic carbocycles. The first-order valence-electron chi connectivity index (χ1n) is 3.75. The van der Waals surface area contributed by atoms with Gasteiger partial charge in [-0.05, 0) is 12.5 Å². The number of aryl methyl sites for hydroxylation is 1. The third kappa shape index (κ3) is 2.37. The third-order valence-electron chi connectivity index (χ3n) is 1.71. The average Bonchev–Trinajstić information content (AvgIpc) is 2.06. The smallest absolute Gasteiger partial charge is 0.254 e. The van der Waals surface area contributed by atoms with E-state index in [9.17, 15) is 22.0 Å². The zero-order valence-electron chi connectivity index (χ0n) is 7.37. The van der Waals surface area contributed by atoms with Crippen LogP contribution < -0.4 is 0 Å². The molecule has 15 heavy (non-hydrogen) atoms. The van der Waals surface area contributed by atoms with Gasteiger partial charge in [0.1, 0.15) is 11.3 Å². The molecule has 0 atom stereocenters. The molecule has 1 rings (SSSR count). The number of nitrogens with zero attached hydrogens (tertiary/aromatic N) is 1. The van der Waals surface area contributed by atoms with Gasteiger partial charge in [0.2, 0.25) is 0 Å². The molecule has 1 nitrogen and oxygen atoms in total. The molecule has 0 aliphatic heterocycles. The fourth-order valence-corrected chi connectivity index (χ4v) is 1.29. The van der Waals surface area contributed by atoms with Crippen LogP contribution in [0.15, 0.2) is 6.20 Å². The molecule has 1 heterocycles. The fraction of sp³-hybridized carbons (Fsp3) is 0.375. The summed E-state index contributed by atoms with van der Waals surface area (Å²) in [4.78, 5) is 3.05. The maximum Gasteiger partial charge on any atom is 0.419 e. The minimum atomic E-state index is -4.93. The van der Waals surface area contributed by atoms with Gasteiger partial charge in [-0.25, -0.2) is 8.78 Å². The van der Waals surface area contributed by atoms with Crippen LogP contribution in [0.4, 0.5) is 22.0 Å². The third-order valence-corrected chi connectivity index (χ3v) is 2.20. The second-order valence-corrected chi connectivity index (χ2v) is 3.19. The van der Waals surface area contributed by atoms with Crippen molar-refractivity contribution in [3.8, 4) is 0 Å². The van der Waals surface area contributed by atoms with E-state index in [1.807, 2.05) is 0 Å². The van der Waals surface area contributed by atoms with Crippen LogP contribution in [0.1, 0.15) is 23.2 Å². The minimum Gasteiger partial charge on any atom is -0.254 e. The van der Waals surface area contributed by atoms with Crippen molar-refractivity contribution in [3.63, 3.8) is 0 Å². The predicted octanol–water partition coefficient (Wildman–Crippen LogP) is 4.00. The molecule has 0 aliphatic carbocycles. The van der Waals surface area contributed by atoms with E-state index >= 15 is 0 Å². The summed E-state index contributed by atoms with van der Waals surface area (Å²) >= 11 is 5.33. The lowest BCUT2D eigenvalue weighted by molar-refractivity contribution is -0.139. The summed E-state index contributed by atoms with van der Waals surface area (Å²) in [6.45, 7) is 1.26. The van der Waals surface area contributed by atoms with E-state index in [2.05, 4.69) is 4.98 Å². The second-order valence-electron chi connectivity index (χ2n) is 2.81. The lowest BCUT2D eigenvalue weighted by atomic mass is 10.1. The molecule has 0 saturated heterocycles. The SMILES string of the molecule is Cc1cnc(C(F)F)c(C(F)(F)F)c1Cl. The largest absolute Gasteiger partial charge is 0.419 e. The predicted molar refractivity (Wildman–Crippen MR) is 43.9 cm³/mol. The van der Waals surface area contributed by atoms with E-state index in [0.29, 0.717) is 0 Å². The quantitative estimate of drug-likeness (QED) is 0.682. The van der Waals surface area contributed by atoms with Crippen LogP contribution >= 0.6 is 11.6 Å². The number of halogens is 6. The first-order chi connectivity index (χ1) is 6.75. The molecule has 0 unspecified atom stereocenters. The van der Waals surface area contributed by atoms with Crippen molar-refractivity contribution in [2.75, 3.05) is 0 Å². The van der Waals surface area contributed by atoms with Crippen LogP contribution in [0.25, 0.3) is 0 Å². The Hall–Kier alpha value is -0.910. The summed E-state index contributed by atoms with van der Waals surface area (Å²) < 4.78 is 61.7. The van der Waals surface area contributed by atoms with Crippen molar-refractivity contribution < 1.29 is 22.0 Å². The Kier molecular flexibility index (Phi) is 3.18. The maximum absolute atomic E-state index is 12.4.